The highest BCUT2D eigenvalue weighted by molar-refractivity contribution is 6.20. The average Bonchev–Trinajstić information content (AvgIpc) is 2.19. The molecule has 0 aromatic rings. The quantitative estimate of drug-likeness (QED) is 0.658. The number of hydrogen-bond donors (Lipinski definition) is 0. The molecule has 1 fully saturated rings. The van der Waals surface area contributed by atoms with E-state index in [4.69, 9.17) is 16.3 Å². The monoisotopic (exact) mass is 246 g/mol. The van der Waals surface area contributed by atoms with Crippen LogP contribution in [0.25, 0.3) is 0 Å². The molecule has 1 rings (SSSR count). The molecule has 0 bridgehead atoms. The van der Waals surface area contributed by atoms with E-state index in [1.165, 1.54) is 25.7 Å². The number of halogens is 1. The van der Waals surface area contributed by atoms with Crippen LogP contribution in [0.15, 0.2) is 0 Å². The van der Waals surface area contributed by atoms with Crippen LogP contribution in [0.1, 0.15) is 59.8 Å². The van der Waals surface area contributed by atoms with Crippen LogP contribution in [0, 0.1) is 11.8 Å². The molecule has 0 aromatic carbocycles. The first kappa shape index (κ1) is 14.3. The molecule has 0 N–H and O–H groups in total. The van der Waals surface area contributed by atoms with E-state index in [9.17, 15) is 0 Å². The van der Waals surface area contributed by atoms with Gasteiger partial charge in [0.1, 0.15) is 0 Å². The van der Waals surface area contributed by atoms with Crippen LogP contribution in [0.2, 0.25) is 0 Å². The Morgan fingerprint density at radius 2 is 1.94 bits per heavy atom. The van der Waals surface area contributed by atoms with Gasteiger partial charge in [-0.05, 0) is 58.3 Å². The van der Waals surface area contributed by atoms with Crippen molar-refractivity contribution >= 4 is 11.6 Å². The zero-order valence-corrected chi connectivity index (χ0v) is 12.0. The maximum absolute atomic E-state index is 6.40. The minimum absolute atomic E-state index is 0.0133. The van der Waals surface area contributed by atoms with Gasteiger partial charge < -0.3 is 4.74 Å². The summed E-state index contributed by atoms with van der Waals surface area (Å²) in [6.45, 7) is 9.48. The summed E-state index contributed by atoms with van der Waals surface area (Å²) >= 11 is 6.40. The second-order valence-electron chi connectivity index (χ2n) is 6.11. The third-order valence-electron chi connectivity index (χ3n) is 3.60. The average molecular weight is 247 g/mol. The molecule has 0 heterocycles. The molecule has 0 spiro atoms. The highest BCUT2D eigenvalue weighted by Gasteiger charge is 2.28. The molecule has 0 radical (unpaired) electrons. The van der Waals surface area contributed by atoms with Gasteiger partial charge in [-0.25, -0.2) is 0 Å². The predicted octanol–water partition coefficient (Wildman–Crippen LogP) is 4.63. The van der Waals surface area contributed by atoms with Crippen LogP contribution in [-0.2, 0) is 4.74 Å². The molecule has 3 unspecified atom stereocenters. The first-order valence-corrected chi connectivity index (χ1v) is 7.14. The molecular weight excluding hydrogens is 220 g/mol. The second kappa shape index (κ2) is 6.26. The normalized spacial score (nSPS) is 31.7. The summed E-state index contributed by atoms with van der Waals surface area (Å²) in [5, 5.41) is 0.381. The Morgan fingerprint density at radius 3 is 2.50 bits per heavy atom. The molecule has 16 heavy (non-hydrogen) atoms. The van der Waals surface area contributed by atoms with Crippen LogP contribution in [0.5, 0.6) is 0 Å². The standard InChI is InChI=1S/C14H27ClO/c1-5-11-6-7-13(15)12(10-11)8-9-16-14(2,3)4/h11-13H,5-10H2,1-4H3. The van der Waals surface area contributed by atoms with Crippen molar-refractivity contribution in [2.45, 2.75) is 70.8 Å². The molecule has 0 amide bonds. The minimum atomic E-state index is -0.0133. The summed E-state index contributed by atoms with van der Waals surface area (Å²) in [7, 11) is 0. The van der Waals surface area contributed by atoms with Gasteiger partial charge in [-0.15, -0.1) is 11.6 Å². The lowest BCUT2D eigenvalue weighted by Crippen LogP contribution is -2.28. The third-order valence-corrected chi connectivity index (χ3v) is 4.17. The van der Waals surface area contributed by atoms with Gasteiger partial charge in [0.25, 0.3) is 0 Å². The fraction of sp³-hybridized carbons (Fsp3) is 1.00. The van der Waals surface area contributed by atoms with E-state index in [1.807, 2.05) is 0 Å². The number of rotatable bonds is 4. The maximum atomic E-state index is 6.40. The van der Waals surface area contributed by atoms with E-state index in [2.05, 4.69) is 27.7 Å². The fourth-order valence-electron chi connectivity index (χ4n) is 2.51. The van der Waals surface area contributed by atoms with Gasteiger partial charge in [-0.3, -0.25) is 0 Å². The topological polar surface area (TPSA) is 9.23 Å². The zero-order chi connectivity index (χ0) is 12.2. The number of hydrogen-bond acceptors (Lipinski definition) is 1. The lowest BCUT2D eigenvalue weighted by molar-refractivity contribution is -0.0119. The van der Waals surface area contributed by atoms with Crippen LogP contribution in [0.4, 0.5) is 0 Å². The van der Waals surface area contributed by atoms with Gasteiger partial charge in [0, 0.05) is 12.0 Å². The molecule has 0 aromatic heterocycles. The SMILES string of the molecule is CCC1CCC(Cl)C(CCOC(C)(C)C)C1. The van der Waals surface area contributed by atoms with Gasteiger partial charge in [0.2, 0.25) is 0 Å². The van der Waals surface area contributed by atoms with Crippen LogP contribution in [0.3, 0.4) is 0 Å². The van der Waals surface area contributed by atoms with Crippen molar-refractivity contribution in [3.63, 3.8) is 0 Å². The lowest BCUT2D eigenvalue weighted by atomic mass is 9.78. The van der Waals surface area contributed by atoms with Gasteiger partial charge in [0.15, 0.2) is 0 Å². The van der Waals surface area contributed by atoms with E-state index in [0.29, 0.717) is 11.3 Å². The maximum Gasteiger partial charge on any atom is 0.0598 e. The molecule has 1 nitrogen and oxygen atoms in total. The van der Waals surface area contributed by atoms with Crippen molar-refractivity contribution in [2.75, 3.05) is 6.61 Å². The summed E-state index contributed by atoms with van der Waals surface area (Å²) in [6.07, 6.45) is 6.25. The Kier molecular flexibility index (Phi) is 5.60. The van der Waals surface area contributed by atoms with E-state index in [1.54, 1.807) is 0 Å². The van der Waals surface area contributed by atoms with Crippen molar-refractivity contribution in [1.82, 2.24) is 0 Å². The molecular formula is C14H27ClO. The smallest absolute Gasteiger partial charge is 0.0598 e. The van der Waals surface area contributed by atoms with E-state index in [-0.39, 0.29) is 5.60 Å². The van der Waals surface area contributed by atoms with Gasteiger partial charge in [-0.1, -0.05) is 13.3 Å². The highest BCUT2D eigenvalue weighted by atomic mass is 35.5. The Hall–Kier alpha value is 0.250. The van der Waals surface area contributed by atoms with Crippen LogP contribution < -0.4 is 0 Å². The van der Waals surface area contributed by atoms with E-state index in [0.717, 1.165) is 18.9 Å². The van der Waals surface area contributed by atoms with Crippen molar-refractivity contribution in [3.8, 4) is 0 Å². The van der Waals surface area contributed by atoms with Crippen molar-refractivity contribution in [2.24, 2.45) is 11.8 Å². The van der Waals surface area contributed by atoms with Gasteiger partial charge >= 0.3 is 0 Å². The fourth-order valence-corrected chi connectivity index (χ4v) is 2.87. The number of alkyl halides is 1. The summed E-state index contributed by atoms with van der Waals surface area (Å²) < 4.78 is 5.79. The molecule has 1 aliphatic carbocycles. The number of ether oxygens (including phenoxy) is 1. The molecule has 0 aliphatic heterocycles. The van der Waals surface area contributed by atoms with Gasteiger partial charge in [-0.2, -0.15) is 0 Å². The van der Waals surface area contributed by atoms with Crippen LogP contribution >= 0.6 is 11.6 Å². The first-order valence-electron chi connectivity index (χ1n) is 6.70. The Balaban J connectivity index is 2.28. The van der Waals surface area contributed by atoms with Gasteiger partial charge in [0.05, 0.1) is 5.60 Å². The summed E-state index contributed by atoms with van der Waals surface area (Å²) in [5.41, 5.74) is -0.0133. The molecule has 0 saturated heterocycles. The minimum Gasteiger partial charge on any atom is -0.376 e. The summed E-state index contributed by atoms with van der Waals surface area (Å²) in [4.78, 5) is 0. The second-order valence-corrected chi connectivity index (χ2v) is 6.67. The first-order chi connectivity index (χ1) is 7.42. The zero-order valence-electron chi connectivity index (χ0n) is 11.3. The third kappa shape index (κ3) is 5.05. The Bertz CT molecular complexity index is 197. The summed E-state index contributed by atoms with van der Waals surface area (Å²) in [5.74, 6) is 1.57. The van der Waals surface area contributed by atoms with Crippen molar-refractivity contribution in [3.05, 3.63) is 0 Å². The molecule has 2 heteroatoms. The molecule has 1 saturated carbocycles. The largest absolute Gasteiger partial charge is 0.376 e. The predicted molar refractivity (Wildman–Crippen MR) is 71.1 cm³/mol. The Morgan fingerprint density at radius 1 is 1.25 bits per heavy atom. The summed E-state index contributed by atoms with van der Waals surface area (Å²) in [6, 6.07) is 0. The lowest BCUT2D eigenvalue weighted by Gasteiger charge is -2.33. The van der Waals surface area contributed by atoms with E-state index >= 15 is 0 Å². The highest BCUT2D eigenvalue weighted by Crippen LogP contribution is 2.36. The Labute approximate surface area is 106 Å². The van der Waals surface area contributed by atoms with Crippen molar-refractivity contribution < 1.29 is 4.74 Å². The molecule has 1 aliphatic rings. The van der Waals surface area contributed by atoms with Crippen molar-refractivity contribution in [1.29, 1.82) is 0 Å². The molecule has 96 valence electrons. The van der Waals surface area contributed by atoms with E-state index < -0.39 is 0 Å². The van der Waals surface area contributed by atoms with Crippen LogP contribution in [-0.4, -0.2) is 17.6 Å². The molecule has 3 atom stereocenters.